The molecule has 27 heavy (non-hydrogen) atoms. The highest BCUT2D eigenvalue weighted by atomic mass is 19.1. The zero-order valence-corrected chi connectivity index (χ0v) is 14.6. The molecule has 134 valence electrons. The van der Waals surface area contributed by atoms with Crippen molar-refractivity contribution in [1.82, 2.24) is 29.5 Å². The smallest absolute Gasteiger partial charge is 0.148 e. The molecule has 0 aliphatic heterocycles. The number of hydrogen-bond acceptors (Lipinski definition) is 4. The van der Waals surface area contributed by atoms with E-state index in [1.165, 1.54) is 29.2 Å². The maximum atomic E-state index is 14.1. The molecule has 6 rings (SSSR count). The maximum absolute atomic E-state index is 14.1. The number of halogens is 1. The van der Waals surface area contributed by atoms with Gasteiger partial charge in [-0.3, -0.25) is 0 Å². The van der Waals surface area contributed by atoms with Crippen molar-refractivity contribution in [3.05, 3.63) is 66.3 Å². The predicted octanol–water partition coefficient (Wildman–Crippen LogP) is 3.57. The third kappa shape index (κ3) is 2.17. The van der Waals surface area contributed by atoms with Crippen LogP contribution in [-0.2, 0) is 5.54 Å². The Bertz CT molecular complexity index is 1170. The highest BCUT2D eigenvalue weighted by Crippen LogP contribution is 2.52. The largest absolute Gasteiger partial charge is 0.320 e. The first-order chi connectivity index (χ1) is 13.3. The number of rotatable bonds is 4. The van der Waals surface area contributed by atoms with Crippen LogP contribution in [0.25, 0.3) is 16.7 Å². The molecule has 4 aromatic rings. The van der Waals surface area contributed by atoms with E-state index < -0.39 is 0 Å². The lowest BCUT2D eigenvalue weighted by Crippen LogP contribution is -2.18. The Morgan fingerprint density at radius 3 is 2.74 bits per heavy atom. The van der Waals surface area contributed by atoms with Crippen molar-refractivity contribution in [2.75, 3.05) is 0 Å². The Hall–Kier alpha value is -3.09. The Morgan fingerprint density at radius 2 is 1.96 bits per heavy atom. The molecule has 3 aromatic heterocycles. The topological polar surface area (TPSA) is 61.4 Å². The summed E-state index contributed by atoms with van der Waals surface area (Å²) in [4.78, 5) is 8.79. The van der Waals surface area contributed by atoms with E-state index in [4.69, 9.17) is 0 Å². The maximum Gasteiger partial charge on any atom is 0.148 e. The number of fused-ring (bicyclic) bond motifs is 1. The first kappa shape index (κ1) is 15.0. The average Bonchev–Trinajstić information content (AvgIpc) is 3.62. The van der Waals surface area contributed by atoms with Gasteiger partial charge >= 0.3 is 0 Å². The molecule has 7 heteroatoms. The molecule has 2 aliphatic carbocycles. The predicted molar refractivity (Wildman–Crippen MR) is 97.1 cm³/mol. The van der Waals surface area contributed by atoms with Crippen molar-refractivity contribution in [1.29, 1.82) is 0 Å². The third-order valence-corrected chi connectivity index (χ3v) is 5.77. The first-order valence-corrected chi connectivity index (χ1v) is 9.25. The minimum atomic E-state index is -0.311. The van der Waals surface area contributed by atoms with Crippen molar-refractivity contribution < 1.29 is 4.39 Å². The Labute approximate surface area is 154 Å². The molecule has 2 saturated carbocycles. The molecule has 2 fully saturated rings. The van der Waals surface area contributed by atoms with E-state index >= 15 is 0 Å². The van der Waals surface area contributed by atoms with Gasteiger partial charge in [0.15, 0.2) is 0 Å². The van der Waals surface area contributed by atoms with E-state index in [9.17, 15) is 4.39 Å². The monoisotopic (exact) mass is 360 g/mol. The molecule has 1 aromatic carbocycles. The highest BCUT2D eigenvalue weighted by molar-refractivity contribution is 5.81. The van der Waals surface area contributed by atoms with Crippen LogP contribution in [-0.4, -0.2) is 29.5 Å². The van der Waals surface area contributed by atoms with Crippen LogP contribution in [0.4, 0.5) is 4.39 Å². The Balaban J connectivity index is 1.48. The average molecular weight is 360 g/mol. The Kier molecular flexibility index (Phi) is 2.90. The van der Waals surface area contributed by atoms with E-state index in [0.717, 1.165) is 29.6 Å². The lowest BCUT2D eigenvalue weighted by Gasteiger charge is -2.15. The second-order valence-corrected chi connectivity index (χ2v) is 7.52. The van der Waals surface area contributed by atoms with E-state index in [1.54, 1.807) is 24.5 Å². The zero-order valence-electron chi connectivity index (χ0n) is 14.6. The standard InChI is InChI=1S/C20H17FN6/c21-16-3-1-2-4-17(16)27-11-18(24-25-27)20(7-8-20)26-10-15(13-5-6-13)14-9-22-12-23-19(14)26/h1-4,9-13H,5-8H2. The summed E-state index contributed by atoms with van der Waals surface area (Å²) in [5.41, 5.74) is 3.29. The van der Waals surface area contributed by atoms with Gasteiger partial charge in [0.1, 0.15) is 29.2 Å². The molecule has 0 unspecified atom stereocenters. The van der Waals surface area contributed by atoms with Crippen LogP contribution in [0.15, 0.2) is 49.2 Å². The minimum Gasteiger partial charge on any atom is -0.320 e. The van der Waals surface area contributed by atoms with Crippen LogP contribution in [0, 0.1) is 5.82 Å². The van der Waals surface area contributed by atoms with Gasteiger partial charge in [-0.05, 0) is 49.3 Å². The fourth-order valence-corrected chi connectivity index (χ4v) is 4.01. The molecular formula is C20H17FN6. The molecule has 0 saturated heterocycles. The van der Waals surface area contributed by atoms with Gasteiger partial charge in [-0.2, -0.15) is 0 Å². The van der Waals surface area contributed by atoms with Crippen molar-refractivity contribution in [2.45, 2.75) is 37.1 Å². The van der Waals surface area contributed by atoms with Gasteiger partial charge < -0.3 is 4.57 Å². The summed E-state index contributed by atoms with van der Waals surface area (Å²) in [7, 11) is 0. The Morgan fingerprint density at radius 1 is 1.11 bits per heavy atom. The first-order valence-electron chi connectivity index (χ1n) is 9.25. The van der Waals surface area contributed by atoms with Crippen LogP contribution in [0.3, 0.4) is 0 Å². The van der Waals surface area contributed by atoms with Crippen molar-refractivity contribution in [3.63, 3.8) is 0 Å². The van der Waals surface area contributed by atoms with Crippen LogP contribution < -0.4 is 0 Å². The van der Waals surface area contributed by atoms with Gasteiger partial charge in [0.25, 0.3) is 0 Å². The second kappa shape index (κ2) is 5.22. The van der Waals surface area contributed by atoms with Gasteiger partial charge in [-0.15, -0.1) is 5.10 Å². The second-order valence-electron chi connectivity index (χ2n) is 7.52. The summed E-state index contributed by atoms with van der Waals surface area (Å²) >= 11 is 0. The molecule has 2 aliphatic rings. The molecule has 0 amide bonds. The zero-order chi connectivity index (χ0) is 18.0. The summed E-state index contributed by atoms with van der Waals surface area (Å²) in [6, 6.07) is 6.60. The summed E-state index contributed by atoms with van der Waals surface area (Å²) < 4.78 is 17.9. The van der Waals surface area contributed by atoms with E-state index in [-0.39, 0.29) is 11.4 Å². The van der Waals surface area contributed by atoms with E-state index in [0.29, 0.717) is 11.6 Å². The summed E-state index contributed by atoms with van der Waals surface area (Å²) in [5.74, 6) is 0.304. The highest BCUT2D eigenvalue weighted by Gasteiger charge is 2.50. The number of para-hydroxylation sites is 1. The quantitative estimate of drug-likeness (QED) is 0.558. The third-order valence-electron chi connectivity index (χ3n) is 5.77. The number of nitrogens with zero attached hydrogens (tertiary/aromatic N) is 6. The lowest BCUT2D eigenvalue weighted by atomic mass is 10.2. The minimum absolute atomic E-state index is 0.247. The molecule has 0 spiro atoms. The van der Waals surface area contributed by atoms with Gasteiger partial charge in [0, 0.05) is 17.8 Å². The molecule has 3 heterocycles. The van der Waals surface area contributed by atoms with Gasteiger partial charge in [-0.25, -0.2) is 19.0 Å². The van der Waals surface area contributed by atoms with Crippen molar-refractivity contribution in [2.24, 2.45) is 0 Å². The molecule has 0 bridgehead atoms. The molecule has 6 nitrogen and oxygen atoms in total. The molecule has 0 atom stereocenters. The van der Waals surface area contributed by atoms with Crippen molar-refractivity contribution >= 4 is 11.0 Å². The van der Waals surface area contributed by atoms with Crippen LogP contribution in [0.2, 0.25) is 0 Å². The van der Waals surface area contributed by atoms with Gasteiger partial charge in [-0.1, -0.05) is 17.3 Å². The van der Waals surface area contributed by atoms with Gasteiger partial charge in [0.05, 0.1) is 11.7 Å². The fraction of sp³-hybridized carbons (Fsp3) is 0.300. The normalized spacial score (nSPS) is 18.1. The van der Waals surface area contributed by atoms with E-state index in [2.05, 4.69) is 31.0 Å². The van der Waals surface area contributed by atoms with E-state index in [1.807, 2.05) is 12.4 Å². The molecular weight excluding hydrogens is 343 g/mol. The van der Waals surface area contributed by atoms with Crippen LogP contribution in [0.5, 0.6) is 0 Å². The summed E-state index contributed by atoms with van der Waals surface area (Å²) in [6.45, 7) is 0. The molecule has 0 radical (unpaired) electrons. The number of aromatic nitrogens is 6. The molecule has 0 N–H and O–H groups in total. The summed E-state index contributed by atoms with van der Waals surface area (Å²) in [6.07, 6.45) is 12.0. The SMILES string of the molecule is Fc1ccccc1-n1cc(C2(n3cc(C4CC4)c4cncnc43)CC2)nn1. The number of hydrogen-bond donors (Lipinski definition) is 0. The van der Waals surface area contributed by atoms with Crippen LogP contribution >= 0.6 is 0 Å². The van der Waals surface area contributed by atoms with Crippen LogP contribution in [0.1, 0.15) is 42.9 Å². The lowest BCUT2D eigenvalue weighted by molar-refractivity contribution is 0.569. The fourth-order valence-electron chi connectivity index (χ4n) is 4.01. The summed E-state index contributed by atoms with van der Waals surface area (Å²) in [5, 5.41) is 9.73. The van der Waals surface area contributed by atoms with Crippen molar-refractivity contribution in [3.8, 4) is 5.69 Å². The van der Waals surface area contributed by atoms with Gasteiger partial charge in [0.2, 0.25) is 0 Å². The number of benzene rings is 1.